The van der Waals surface area contributed by atoms with Crippen molar-refractivity contribution in [2.75, 3.05) is 13.2 Å². The first-order chi connectivity index (χ1) is 17.7. The molecule has 0 fully saturated rings. The van der Waals surface area contributed by atoms with Gasteiger partial charge in [-0.1, -0.05) is 18.2 Å². The summed E-state index contributed by atoms with van der Waals surface area (Å²) >= 11 is 0. The number of nitrogens with zero attached hydrogens (tertiary/aromatic N) is 1. The molecule has 0 aromatic heterocycles. The number of benzene rings is 2. The number of ether oxygens (including phenoxy) is 2. The Hall–Kier alpha value is -3.99. The van der Waals surface area contributed by atoms with Gasteiger partial charge < -0.3 is 25.8 Å². The van der Waals surface area contributed by atoms with E-state index in [9.17, 15) is 40.0 Å². The van der Waals surface area contributed by atoms with Crippen molar-refractivity contribution >= 4 is 27.9 Å². The molecule has 2 aromatic rings. The molecule has 0 spiro atoms. The number of esters is 2. The third-order valence-electron chi connectivity index (χ3n) is 4.38. The number of rotatable bonds is 12. The Morgan fingerprint density at radius 2 is 1.61 bits per heavy atom. The Balaban J connectivity index is 2.18. The zero-order chi connectivity index (χ0) is 28.5. The summed E-state index contributed by atoms with van der Waals surface area (Å²) in [5, 5.41) is 3.31. The smallest absolute Gasteiger partial charge is 0.491 e. The largest absolute Gasteiger partial charge is 0.493 e. The highest BCUT2D eigenvalue weighted by Crippen LogP contribution is 2.21. The number of alkyl halides is 3. The van der Waals surface area contributed by atoms with Crippen LogP contribution in [0.4, 0.5) is 22.0 Å². The van der Waals surface area contributed by atoms with Gasteiger partial charge in [0.1, 0.15) is 30.0 Å². The van der Waals surface area contributed by atoms with Crippen LogP contribution in [0.15, 0.2) is 52.5 Å². The number of carbonyl (C=O) groups excluding carboxylic acids is 2. The number of hydrogen-bond donors (Lipinski definition) is 3. The summed E-state index contributed by atoms with van der Waals surface area (Å²) in [6.45, 7) is 0.307. The topological polar surface area (TPSA) is 172 Å². The van der Waals surface area contributed by atoms with Gasteiger partial charge in [0, 0.05) is 6.42 Å². The molecule has 2 aromatic carbocycles. The van der Waals surface area contributed by atoms with Gasteiger partial charge in [0.2, 0.25) is 16.0 Å². The first-order valence-electron chi connectivity index (χ1n) is 10.4. The van der Waals surface area contributed by atoms with Crippen molar-refractivity contribution in [1.29, 1.82) is 0 Å². The SMILES string of the molecule is NC(N)=NOCCCOc1ccc(C[C@H](NS(=O)(=O)c2c(F)cccc2F)C(=O)OC(=O)C(F)(F)F)cc1. The Morgan fingerprint density at radius 1 is 1.00 bits per heavy atom. The molecule has 0 heterocycles. The van der Waals surface area contributed by atoms with E-state index < -0.39 is 57.1 Å². The van der Waals surface area contributed by atoms with Gasteiger partial charge in [0.15, 0.2) is 4.90 Å². The Kier molecular flexibility index (Phi) is 10.3. The van der Waals surface area contributed by atoms with Crippen LogP contribution in [0.3, 0.4) is 0 Å². The first kappa shape index (κ1) is 30.2. The molecular weight excluding hydrogens is 547 g/mol. The van der Waals surface area contributed by atoms with Gasteiger partial charge in [-0.25, -0.2) is 26.8 Å². The van der Waals surface area contributed by atoms with Crippen molar-refractivity contribution in [3.05, 3.63) is 59.7 Å². The molecule has 0 radical (unpaired) electrons. The lowest BCUT2D eigenvalue weighted by molar-refractivity contribution is -0.202. The van der Waals surface area contributed by atoms with Crippen LogP contribution in [-0.2, 0) is 35.6 Å². The second-order valence-electron chi connectivity index (χ2n) is 7.33. The highest BCUT2D eigenvalue weighted by atomic mass is 32.2. The molecule has 0 bridgehead atoms. The normalized spacial score (nSPS) is 12.3. The number of sulfonamides is 1. The van der Waals surface area contributed by atoms with Crippen LogP contribution in [-0.4, -0.2) is 51.7 Å². The molecule has 0 aliphatic rings. The quantitative estimate of drug-likeness (QED) is 0.0652. The van der Waals surface area contributed by atoms with Gasteiger partial charge in [-0.05, 0) is 41.4 Å². The summed E-state index contributed by atoms with van der Waals surface area (Å²) in [7, 11) is -5.15. The molecular formula is C21H21F5N4O7S. The van der Waals surface area contributed by atoms with E-state index in [1.165, 1.54) is 24.3 Å². The number of oxime groups is 1. The molecule has 208 valence electrons. The fourth-order valence-electron chi connectivity index (χ4n) is 2.77. The van der Waals surface area contributed by atoms with Crippen molar-refractivity contribution in [2.45, 2.75) is 30.0 Å². The molecule has 17 heteroatoms. The Labute approximate surface area is 212 Å². The van der Waals surface area contributed by atoms with Crippen LogP contribution in [0.2, 0.25) is 0 Å². The number of nitrogens with two attached hydrogens (primary N) is 2. The van der Waals surface area contributed by atoms with Gasteiger partial charge in [0.05, 0.1) is 6.61 Å². The van der Waals surface area contributed by atoms with Crippen LogP contribution in [0.5, 0.6) is 5.75 Å². The number of hydrogen-bond acceptors (Lipinski definition) is 8. The summed E-state index contributed by atoms with van der Waals surface area (Å²) in [6.07, 6.45) is -5.84. The lowest BCUT2D eigenvalue weighted by Crippen LogP contribution is -2.45. The minimum absolute atomic E-state index is 0.138. The van der Waals surface area contributed by atoms with Crippen molar-refractivity contribution in [2.24, 2.45) is 16.6 Å². The third kappa shape index (κ3) is 9.15. The van der Waals surface area contributed by atoms with E-state index in [1.807, 2.05) is 0 Å². The summed E-state index contributed by atoms with van der Waals surface area (Å²) in [5.74, 6) is -7.85. The Bertz CT molecular complexity index is 1250. The van der Waals surface area contributed by atoms with E-state index in [2.05, 4.69) is 9.89 Å². The number of nitrogens with one attached hydrogen (secondary N) is 1. The van der Waals surface area contributed by atoms with Crippen LogP contribution in [0.25, 0.3) is 0 Å². The molecule has 11 nitrogen and oxygen atoms in total. The predicted octanol–water partition coefficient (Wildman–Crippen LogP) is 1.46. The zero-order valence-electron chi connectivity index (χ0n) is 19.2. The fourth-order valence-corrected chi connectivity index (χ4v) is 4.09. The average Bonchev–Trinajstić information content (AvgIpc) is 2.80. The Morgan fingerprint density at radius 3 is 2.16 bits per heavy atom. The third-order valence-corrected chi connectivity index (χ3v) is 5.90. The van der Waals surface area contributed by atoms with Gasteiger partial charge in [-0.15, -0.1) is 0 Å². The van der Waals surface area contributed by atoms with Crippen molar-refractivity contribution in [1.82, 2.24) is 4.72 Å². The highest BCUT2D eigenvalue weighted by molar-refractivity contribution is 7.89. The minimum atomic E-state index is -5.57. The minimum Gasteiger partial charge on any atom is -0.493 e. The van der Waals surface area contributed by atoms with Crippen molar-refractivity contribution in [3.63, 3.8) is 0 Å². The van der Waals surface area contributed by atoms with E-state index >= 15 is 0 Å². The van der Waals surface area contributed by atoms with Gasteiger partial charge in [-0.3, -0.25) is 0 Å². The van der Waals surface area contributed by atoms with Crippen LogP contribution in [0, 0.1) is 11.6 Å². The van der Waals surface area contributed by atoms with Crippen LogP contribution >= 0.6 is 0 Å². The van der Waals surface area contributed by atoms with E-state index in [0.29, 0.717) is 24.3 Å². The predicted molar refractivity (Wildman–Crippen MR) is 120 cm³/mol. The molecule has 0 aliphatic heterocycles. The second kappa shape index (κ2) is 13.0. The molecule has 2 rings (SSSR count). The maximum atomic E-state index is 14.0. The average molecular weight is 568 g/mol. The van der Waals surface area contributed by atoms with Crippen LogP contribution in [0.1, 0.15) is 12.0 Å². The van der Waals surface area contributed by atoms with Crippen molar-refractivity contribution < 1.29 is 54.3 Å². The molecule has 0 saturated heterocycles. The maximum Gasteiger partial charge on any atom is 0.491 e. The summed E-state index contributed by atoms with van der Waals surface area (Å²) in [5.41, 5.74) is 10.3. The van der Waals surface area contributed by atoms with Crippen LogP contribution < -0.4 is 20.9 Å². The fraction of sp³-hybridized carbons (Fsp3) is 0.286. The monoisotopic (exact) mass is 568 g/mol. The van der Waals surface area contributed by atoms with E-state index in [-0.39, 0.29) is 24.7 Å². The van der Waals surface area contributed by atoms with Gasteiger partial charge in [0.25, 0.3) is 0 Å². The molecule has 0 unspecified atom stereocenters. The summed E-state index contributed by atoms with van der Waals surface area (Å²) in [6, 6.07) is 5.36. The second-order valence-corrected chi connectivity index (χ2v) is 8.98. The maximum absolute atomic E-state index is 14.0. The van der Waals surface area contributed by atoms with E-state index in [4.69, 9.17) is 21.0 Å². The molecule has 5 N–H and O–H groups in total. The summed E-state index contributed by atoms with van der Waals surface area (Å²) < 4.78 is 102. The molecule has 0 amide bonds. The number of carbonyl (C=O) groups is 2. The number of guanidine groups is 1. The highest BCUT2D eigenvalue weighted by Gasteiger charge is 2.44. The molecule has 0 saturated carbocycles. The molecule has 0 aliphatic carbocycles. The zero-order valence-corrected chi connectivity index (χ0v) is 20.0. The lowest BCUT2D eigenvalue weighted by atomic mass is 10.1. The lowest BCUT2D eigenvalue weighted by Gasteiger charge is -2.18. The van der Waals surface area contributed by atoms with E-state index in [1.54, 1.807) is 4.72 Å². The van der Waals surface area contributed by atoms with Gasteiger partial charge >= 0.3 is 18.1 Å². The standard InChI is InChI=1S/C21H21F5N4O7S/c22-14-3-1-4-15(23)17(14)38(33,34)30-16(18(31)37-19(32)21(24,25)26)11-12-5-7-13(8-6-12)35-9-2-10-36-29-20(27)28/h1,3-8,16,30H,2,9-11H2,(H4,27,28,29)/t16-/m0/s1. The first-order valence-corrected chi connectivity index (χ1v) is 11.9. The number of halogens is 5. The molecule has 38 heavy (non-hydrogen) atoms. The van der Waals surface area contributed by atoms with Gasteiger partial charge in [-0.2, -0.15) is 17.9 Å². The molecule has 1 atom stereocenters. The van der Waals surface area contributed by atoms with E-state index in [0.717, 1.165) is 6.07 Å². The summed E-state index contributed by atoms with van der Waals surface area (Å²) in [4.78, 5) is 26.7. The van der Waals surface area contributed by atoms with Crippen molar-refractivity contribution in [3.8, 4) is 5.75 Å².